The van der Waals surface area contributed by atoms with Gasteiger partial charge in [-0.15, -0.1) is 0 Å². The predicted octanol–water partition coefficient (Wildman–Crippen LogP) is 1.35. The summed E-state index contributed by atoms with van der Waals surface area (Å²) in [6, 6.07) is 7.21. The van der Waals surface area contributed by atoms with E-state index >= 15 is 0 Å². The van der Waals surface area contributed by atoms with E-state index in [4.69, 9.17) is 21.3 Å². The molecule has 0 unspecified atom stereocenters. The number of nitrogens with zero attached hydrogens (tertiary/aromatic N) is 4. The zero-order valence-electron chi connectivity index (χ0n) is 16.5. The van der Waals surface area contributed by atoms with E-state index in [1.165, 1.54) is 36.1 Å². The van der Waals surface area contributed by atoms with Crippen LogP contribution in [0.2, 0.25) is 0 Å². The number of hydrogen-bond acceptors (Lipinski definition) is 10. The number of ketones is 1. The van der Waals surface area contributed by atoms with Gasteiger partial charge in [-0.05, 0) is 31.2 Å². The highest BCUT2D eigenvalue weighted by atomic mass is 32.1. The van der Waals surface area contributed by atoms with Gasteiger partial charge in [-0.1, -0.05) is 16.5 Å². The zero-order chi connectivity index (χ0) is 23.4. The summed E-state index contributed by atoms with van der Waals surface area (Å²) in [4.78, 5) is 42.1. The summed E-state index contributed by atoms with van der Waals surface area (Å²) < 4.78 is 18.3. The minimum Gasteiger partial charge on any atom is -0.382 e. The van der Waals surface area contributed by atoms with Gasteiger partial charge < -0.3 is 26.2 Å². The number of rotatable bonds is 8. The number of benzene rings is 1. The molecule has 0 aliphatic heterocycles. The molecule has 32 heavy (non-hydrogen) atoms. The fourth-order valence-electron chi connectivity index (χ4n) is 2.63. The van der Waals surface area contributed by atoms with Crippen LogP contribution in [-0.4, -0.2) is 40.3 Å². The van der Waals surface area contributed by atoms with Crippen molar-refractivity contribution < 1.29 is 23.3 Å². The van der Waals surface area contributed by atoms with Crippen molar-refractivity contribution in [1.29, 1.82) is 5.26 Å². The molecule has 0 bridgehead atoms. The summed E-state index contributed by atoms with van der Waals surface area (Å²) in [5.74, 6) is -2.96. The Bertz CT molecular complexity index is 1220. The number of nitriles is 1. The maximum atomic E-state index is 13.4. The van der Waals surface area contributed by atoms with Gasteiger partial charge in [0.2, 0.25) is 17.5 Å². The van der Waals surface area contributed by atoms with E-state index in [0.29, 0.717) is 5.69 Å². The number of nitrogens with two attached hydrogens (primary N) is 2. The number of carbonyl (C=O) groups is 3. The van der Waals surface area contributed by atoms with E-state index in [1.54, 1.807) is 6.07 Å². The highest BCUT2D eigenvalue weighted by Crippen LogP contribution is 2.36. The third kappa shape index (κ3) is 4.55. The highest BCUT2D eigenvalue weighted by molar-refractivity contribution is 7.18. The number of hydrogen-bond donors (Lipinski definition) is 3. The van der Waals surface area contributed by atoms with Crippen molar-refractivity contribution in [2.24, 2.45) is 5.73 Å². The molecule has 0 saturated carbocycles. The molecule has 2 heterocycles. The summed E-state index contributed by atoms with van der Waals surface area (Å²) in [6.45, 7) is 1.28. The largest absolute Gasteiger partial charge is 0.382 e. The molecular weight excluding hydrogens is 441 g/mol. The number of anilines is 3. The lowest BCUT2D eigenvalue weighted by Gasteiger charge is -2.26. The Labute approximate surface area is 184 Å². The summed E-state index contributed by atoms with van der Waals surface area (Å²) in [5.41, 5.74) is 11.6. The maximum Gasteiger partial charge on any atom is 0.274 e. The molecular formula is C19H16FN7O4S. The van der Waals surface area contributed by atoms with Crippen molar-refractivity contribution in [2.45, 2.75) is 13.0 Å². The van der Waals surface area contributed by atoms with Crippen molar-refractivity contribution in [2.75, 3.05) is 17.2 Å². The predicted molar refractivity (Wildman–Crippen MR) is 112 cm³/mol. The quantitative estimate of drug-likeness (QED) is 0.332. The molecule has 1 atom stereocenters. The number of amides is 2. The average molecular weight is 457 g/mol. The van der Waals surface area contributed by atoms with Gasteiger partial charge in [0.1, 0.15) is 29.1 Å². The van der Waals surface area contributed by atoms with Gasteiger partial charge in [0, 0.05) is 11.8 Å². The molecule has 5 N–H and O–H groups in total. The van der Waals surface area contributed by atoms with Crippen LogP contribution in [0.25, 0.3) is 0 Å². The second-order valence-electron chi connectivity index (χ2n) is 6.38. The number of carbonyl (C=O) groups excluding carboxylic acids is 3. The smallest absolute Gasteiger partial charge is 0.274 e. The fraction of sp³-hybridized carbons (Fsp3) is 0.158. The number of halogens is 1. The van der Waals surface area contributed by atoms with Crippen LogP contribution in [0.5, 0.6) is 0 Å². The van der Waals surface area contributed by atoms with E-state index in [9.17, 15) is 18.8 Å². The first-order valence-electron chi connectivity index (χ1n) is 9.00. The lowest BCUT2D eigenvalue weighted by molar-refractivity contribution is -0.118. The van der Waals surface area contributed by atoms with Crippen molar-refractivity contribution in [1.82, 2.24) is 15.5 Å². The molecule has 164 valence electrons. The topological polar surface area (TPSA) is 181 Å². The monoisotopic (exact) mass is 457 g/mol. The molecule has 2 aromatic heterocycles. The molecule has 3 rings (SSSR count). The van der Waals surface area contributed by atoms with Crippen molar-refractivity contribution >= 4 is 45.6 Å². The van der Waals surface area contributed by atoms with Gasteiger partial charge in [0.25, 0.3) is 5.91 Å². The first-order valence-corrected chi connectivity index (χ1v) is 9.81. The lowest BCUT2D eigenvalue weighted by atomic mass is 10.2. The fourth-order valence-corrected chi connectivity index (χ4v) is 3.66. The number of primary amides is 1. The first-order chi connectivity index (χ1) is 15.2. The Morgan fingerprint density at radius 3 is 2.66 bits per heavy atom. The van der Waals surface area contributed by atoms with E-state index in [1.807, 2.05) is 0 Å². The molecule has 2 amide bonds. The van der Waals surface area contributed by atoms with Gasteiger partial charge in [-0.25, -0.2) is 9.37 Å². The van der Waals surface area contributed by atoms with Crippen LogP contribution in [0.15, 0.2) is 34.9 Å². The van der Waals surface area contributed by atoms with E-state index in [-0.39, 0.29) is 33.8 Å². The van der Waals surface area contributed by atoms with Crippen LogP contribution in [0.3, 0.4) is 0 Å². The first kappa shape index (κ1) is 22.4. The van der Waals surface area contributed by atoms with Crippen LogP contribution in [0.1, 0.15) is 32.8 Å². The Hall–Kier alpha value is -4.31. The molecule has 0 radical (unpaired) electrons. The van der Waals surface area contributed by atoms with Gasteiger partial charge in [-0.3, -0.25) is 14.4 Å². The van der Waals surface area contributed by atoms with Crippen LogP contribution in [0.4, 0.5) is 21.0 Å². The number of thiazole rings is 1. The van der Waals surface area contributed by atoms with Crippen molar-refractivity contribution in [3.8, 4) is 6.07 Å². The Morgan fingerprint density at radius 2 is 2.03 bits per heavy atom. The van der Waals surface area contributed by atoms with E-state index in [0.717, 1.165) is 17.4 Å². The molecule has 1 aromatic carbocycles. The lowest BCUT2D eigenvalue weighted by Crippen LogP contribution is -2.39. The third-order valence-corrected chi connectivity index (χ3v) is 5.32. The molecule has 13 heteroatoms. The Balaban J connectivity index is 1.94. The Kier molecular flexibility index (Phi) is 6.45. The summed E-state index contributed by atoms with van der Waals surface area (Å²) >= 11 is 0.854. The van der Waals surface area contributed by atoms with Crippen molar-refractivity contribution in [3.05, 3.63) is 52.5 Å². The molecule has 0 aliphatic rings. The molecule has 11 nitrogen and oxygen atoms in total. The number of nitrogen functional groups attached to an aromatic ring is 1. The maximum absolute atomic E-state index is 13.4. The van der Waals surface area contributed by atoms with Crippen LogP contribution in [0, 0.1) is 17.1 Å². The average Bonchev–Trinajstić information content (AvgIpc) is 3.40. The van der Waals surface area contributed by atoms with Crippen LogP contribution >= 0.6 is 11.3 Å². The SMILES string of the molecule is C[C@H](C(N)=O)N(c1ccc(F)cc1)c1nc(N)c(C(=O)c2cc(C(=O)NCC#N)no2)s1. The number of nitrogens with one attached hydrogen (secondary N) is 1. The van der Waals surface area contributed by atoms with Crippen LogP contribution in [-0.2, 0) is 4.79 Å². The molecule has 0 saturated heterocycles. The van der Waals surface area contributed by atoms with Gasteiger partial charge in [0.05, 0.1) is 6.07 Å². The Morgan fingerprint density at radius 1 is 1.34 bits per heavy atom. The molecule has 0 fully saturated rings. The van der Waals surface area contributed by atoms with Gasteiger partial charge in [-0.2, -0.15) is 5.26 Å². The third-order valence-electron chi connectivity index (χ3n) is 4.25. The molecule has 3 aromatic rings. The second-order valence-corrected chi connectivity index (χ2v) is 7.36. The van der Waals surface area contributed by atoms with Crippen molar-refractivity contribution in [3.63, 3.8) is 0 Å². The van der Waals surface area contributed by atoms with E-state index in [2.05, 4.69) is 15.5 Å². The summed E-state index contributed by atoms with van der Waals surface area (Å²) in [7, 11) is 0. The summed E-state index contributed by atoms with van der Waals surface area (Å²) in [6.07, 6.45) is 0. The number of aromatic nitrogens is 2. The molecule has 0 spiro atoms. The van der Waals surface area contributed by atoms with E-state index < -0.39 is 29.5 Å². The second kappa shape index (κ2) is 9.23. The zero-order valence-corrected chi connectivity index (χ0v) is 17.4. The van der Waals surface area contributed by atoms with Gasteiger partial charge in [0.15, 0.2) is 10.8 Å². The van der Waals surface area contributed by atoms with Crippen LogP contribution < -0.4 is 21.7 Å². The highest BCUT2D eigenvalue weighted by Gasteiger charge is 2.29. The minimum atomic E-state index is -0.894. The molecule has 0 aliphatic carbocycles. The van der Waals surface area contributed by atoms with Gasteiger partial charge >= 0.3 is 0 Å². The minimum absolute atomic E-state index is 0.0242. The summed E-state index contributed by atoms with van der Waals surface area (Å²) in [5, 5.41) is 14.5. The normalized spacial score (nSPS) is 11.4. The standard InChI is InChI=1S/C19H16FN7O4S/c1-9(17(23)29)27(11-4-2-10(20)3-5-11)19-25-16(22)15(32-19)14(28)13-8-12(26-31-13)18(30)24-7-6-21/h2-5,8-9H,7,22H2,1H3,(H2,23,29)(H,24,30)/t9-/m1/s1.